The van der Waals surface area contributed by atoms with Crippen molar-refractivity contribution in [2.45, 2.75) is 25.6 Å². The van der Waals surface area contributed by atoms with Gasteiger partial charge >= 0.3 is 5.97 Å². The highest BCUT2D eigenvalue weighted by Crippen LogP contribution is 2.20. The van der Waals surface area contributed by atoms with Crippen molar-refractivity contribution in [3.63, 3.8) is 0 Å². The number of rotatable bonds is 3. The Bertz CT molecular complexity index is 143. The summed E-state index contributed by atoms with van der Waals surface area (Å²) >= 11 is 1.82. The van der Waals surface area contributed by atoms with E-state index in [9.17, 15) is 4.79 Å². The summed E-state index contributed by atoms with van der Waals surface area (Å²) in [5, 5.41) is 8.51. The largest absolute Gasteiger partial charge is 0.479 e. The lowest BCUT2D eigenvalue weighted by atomic mass is 10.3. The molecule has 0 saturated carbocycles. The molecule has 0 aromatic heterocycles. The monoisotopic (exact) mass is 176 g/mol. The van der Waals surface area contributed by atoms with Gasteiger partial charge in [0.15, 0.2) is 6.10 Å². The van der Waals surface area contributed by atoms with Crippen LogP contribution in [0.25, 0.3) is 0 Å². The van der Waals surface area contributed by atoms with Crippen LogP contribution >= 0.6 is 11.8 Å². The van der Waals surface area contributed by atoms with Crippen molar-refractivity contribution in [2.75, 3.05) is 11.5 Å². The van der Waals surface area contributed by atoms with Crippen LogP contribution in [0.5, 0.6) is 0 Å². The van der Waals surface area contributed by atoms with Gasteiger partial charge in [0.25, 0.3) is 0 Å². The predicted molar refractivity (Wildman–Crippen MR) is 43.9 cm³/mol. The number of carbonyl (C=O) groups is 1. The Morgan fingerprint density at radius 3 is 3.00 bits per heavy atom. The number of ether oxygens (including phenoxy) is 1. The van der Waals surface area contributed by atoms with Crippen molar-refractivity contribution in [3.05, 3.63) is 0 Å². The number of hydrogen-bond donors (Lipinski definition) is 1. The molecule has 0 radical (unpaired) electrons. The lowest BCUT2D eigenvalue weighted by molar-refractivity contribution is -0.151. The molecule has 0 spiro atoms. The predicted octanol–water partition coefficient (Wildman–Crippen LogP) is 0.982. The van der Waals surface area contributed by atoms with E-state index in [4.69, 9.17) is 9.84 Å². The zero-order chi connectivity index (χ0) is 8.27. The molecular weight excluding hydrogens is 164 g/mol. The van der Waals surface area contributed by atoms with E-state index in [0.29, 0.717) is 0 Å². The Morgan fingerprint density at radius 1 is 1.82 bits per heavy atom. The van der Waals surface area contributed by atoms with Crippen molar-refractivity contribution < 1.29 is 14.6 Å². The molecule has 1 aliphatic rings. The van der Waals surface area contributed by atoms with Crippen LogP contribution in [-0.2, 0) is 9.53 Å². The molecule has 1 rings (SSSR count). The van der Waals surface area contributed by atoms with Crippen LogP contribution in [0.15, 0.2) is 0 Å². The minimum absolute atomic E-state index is 0.158. The normalized spacial score (nSPS) is 26.8. The fourth-order valence-corrected chi connectivity index (χ4v) is 2.07. The van der Waals surface area contributed by atoms with Gasteiger partial charge in [0, 0.05) is 5.75 Å². The van der Waals surface area contributed by atoms with E-state index >= 15 is 0 Å². The fraction of sp³-hybridized carbons (Fsp3) is 0.857. The molecule has 0 aromatic carbocycles. The van der Waals surface area contributed by atoms with Crippen LogP contribution in [-0.4, -0.2) is 34.8 Å². The summed E-state index contributed by atoms with van der Waals surface area (Å²) < 4.78 is 5.25. The molecule has 0 aliphatic carbocycles. The number of thioether (sulfide) groups is 1. The quantitative estimate of drug-likeness (QED) is 0.696. The number of hydrogen-bond acceptors (Lipinski definition) is 3. The van der Waals surface area contributed by atoms with E-state index < -0.39 is 12.1 Å². The minimum atomic E-state index is -0.873. The van der Waals surface area contributed by atoms with Crippen molar-refractivity contribution in [2.24, 2.45) is 0 Å². The Labute approximate surface area is 70.1 Å². The van der Waals surface area contributed by atoms with Gasteiger partial charge in [-0.3, -0.25) is 0 Å². The molecule has 64 valence electrons. The Kier molecular flexibility index (Phi) is 3.20. The minimum Gasteiger partial charge on any atom is -0.479 e. The third-order valence-electron chi connectivity index (χ3n) is 1.63. The van der Waals surface area contributed by atoms with Crippen LogP contribution in [0, 0.1) is 0 Å². The number of carboxylic acids is 1. The van der Waals surface area contributed by atoms with Gasteiger partial charge in [0.1, 0.15) is 0 Å². The van der Waals surface area contributed by atoms with E-state index in [-0.39, 0.29) is 6.10 Å². The molecule has 0 aromatic rings. The average Bonchev–Trinajstić information content (AvgIpc) is 2.39. The number of carboxylic acid groups (broad SMARTS) is 1. The van der Waals surface area contributed by atoms with Crippen molar-refractivity contribution in [3.8, 4) is 0 Å². The van der Waals surface area contributed by atoms with Gasteiger partial charge in [0.05, 0.1) is 6.10 Å². The zero-order valence-electron chi connectivity index (χ0n) is 6.45. The highest BCUT2D eigenvalue weighted by Gasteiger charge is 2.21. The van der Waals surface area contributed by atoms with Gasteiger partial charge in [-0.2, -0.15) is 11.8 Å². The SMILES string of the molecule is CC(OC1CCSC1)C(=O)O. The van der Waals surface area contributed by atoms with Crippen molar-refractivity contribution in [1.82, 2.24) is 0 Å². The first-order valence-electron chi connectivity index (χ1n) is 3.66. The summed E-state index contributed by atoms with van der Waals surface area (Å²) in [6.07, 6.45) is 0.493. The van der Waals surface area contributed by atoms with Crippen LogP contribution < -0.4 is 0 Å². The molecule has 2 unspecified atom stereocenters. The second-order valence-electron chi connectivity index (χ2n) is 2.60. The Hall–Kier alpha value is -0.220. The van der Waals surface area contributed by atoms with Gasteiger partial charge < -0.3 is 9.84 Å². The summed E-state index contributed by atoms with van der Waals surface area (Å²) in [4.78, 5) is 10.4. The smallest absolute Gasteiger partial charge is 0.332 e. The summed E-state index contributed by atoms with van der Waals surface area (Å²) in [6, 6.07) is 0. The standard InChI is InChI=1S/C7H12O3S/c1-5(7(8)9)10-6-2-3-11-4-6/h5-6H,2-4H2,1H3,(H,8,9). The first-order valence-corrected chi connectivity index (χ1v) is 4.81. The van der Waals surface area contributed by atoms with Crippen LogP contribution in [0.3, 0.4) is 0 Å². The molecule has 0 amide bonds. The molecule has 1 heterocycles. The Balaban J connectivity index is 2.23. The maximum atomic E-state index is 10.4. The van der Waals surface area contributed by atoms with E-state index in [1.807, 2.05) is 11.8 Å². The molecule has 1 saturated heterocycles. The third-order valence-corrected chi connectivity index (χ3v) is 2.76. The molecule has 1 aliphatic heterocycles. The second kappa shape index (κ2) is 3.97. The summed E-state index contributed by atoms with van der Waals surface area (Å²) in [6.45, 7) is 1.57. The Morgan fingerprint density at radius 2 is 2.55 bits per heavy atom. The molecule has 1 fully saturated rings. The summed E-state index contributed by atoms with van der Waals surface area (Å²) in [5.74, 6) is 1.16. The maximum absolute atomic E-state index is 10.4. The summed E-state index contributed by atoms with van der Waals surface area (Å²) in [7, 11) is 0. The average molecular weight is 176 g/mol. The summed E-state index contributed by atoms with van der Waals surface area (Å²) in [5.41, 5.74) is 0. The molecular formula is C7H12O3S. The second-order valence-corrected chi connectivity index (χ2v) is 3.75. The third kappa shape index (κ3) is 2.71. The lowest BCUT2D eigenvalue weighted by Crippen LogP contribution is -2.26. The van der Waals surface area contributed by atoms with Gasteiger partial charge in [-0.05, 0) is 19.1 Å². The fourth-order valence-electron chi connectivity index (χ4n) is 0.967. The molecule has 11 heavy (non-hydrogen) atoms. The molecule has 2 atom stereocenters. The number of aliphatic carboxylic acids is 1. The maximum Gasteiger partial charge on any atom is 0.332 e. The van der Waals surface area contributed by atoms with Crippen LogP contribution in [0.1, 0.15) is 13.3 Å². The molecule has 0 bridgehead atoms. The van der Waals surface area contributed by atoms with E-state index in [2.05, 4.69) is 0 Å². The highest BCUT2D eigenvalue weighted by atomic mass is 32.2. The van der Waals surface area contributed by atoms with E-state index in [1.54, 1.807) is 6.92 Å². The molecule has 1 N–H and O–H groups in total. The molecule has 3 nitrogen and oxygen atoms in total. The van der Waals surface area contributed by atoms with Crippen LogP contribution in [0.4, 0.5) is 0 Å². The first-order chi connectivity index (χ1) is 5.20. The van der Waals surface area contributed by atoms with Crippen molar-refractivity contribution in [1.29, 1.82) is 0 Å². The zero-order valence-corrected chi connectivity index (χ0v) is 7.26. The lowest BCUT2D eigenvalue weighted by Gasteiger charge is -2.13. The van der Waals surface area contributed by atoms with Gasteiger partial charge in [0.2, 0.25) is 0 Å². The van der Waals surface area contributed by atoms with Crippen molar-refractivity contribution >= 4 is 17.7 Å². The van der Waals surface area contributed by atoms with E-state index in [1.165, 1.54) is 0 Å². The first kappa shape index (κ1) is 8.87. The van der Waals surface area contributed by atoms with Gasteiger partial charge in [-0.1, -0.05) is 0 Å². The van der Waals surface area contributed by atoms with Gasteiger partial charge in [-0.15, -0.1) is 0 Å². The van der Waals surface area contributed by atoms with E-state index in [0.717, 1.165) is 17.9 Å². The van der Waals surface area contributed by atoms with Gasteiger partial charge in [-0.25, -0.2) is 4.79 Å². The van der Waals surface area contributed by atoms with Crippen LogP contribution in [0.2, 0.25) is 0 Å². The molecule has 4 heteroatoms. The highest BCUT2D eigenvalue weighted by molar-refractivity contribution is 7.99. The topological polar surface area (TPSA) is 46.5 Å².